The average molecular weight is 311 g/mol. The van der Waals surface area contributed by atoms with Crippen molar-refractivity contribution in [3.63, 3.8) is 0 Å². The van der Waals surface area contributed by atoms with Crippen molar-refractivity contribution in [2.45, 2.75) is 12.8 Å². The monoisotopic (exact) mass is 311 g/mol. The predicted molar refractivity (Wildman–Crippen MR) is 83.5 cm³/mol. The zero-order chi connectivity index (χ0) is 16.5. The van der Waals surface area contributed by atoms with Crippen molar-refractivity contribution in [3.8, 4) is 6.07 Å². The smallest absolute Gasteiger partial charge is 0.287 e. The van der Waals surface area contributed by atoms with E-state index >= 15 is 0 Å². The Morgan fingerprint density at radius 3 is 2.48 bits per heavy atom. The summed E-state index contributed by atoms with van der Waals surface area (Å²) in [6.45, 7) is 0.695. The van der Waals surface area contributed by atoms with E-state index in [4.69, 9.17) is 9.68 Å². The molecule has 2 amide bonds. The molecule has 0 fully saturated rings. The standard InChI is InChI=1S/C17H17N3O3/c18-12-14-5-3-13(4-6-14)7-8-16(21)19-9-10-20-17(22)15-2-1-11-23-15/h1-6,11H,7-10H2,(H,19,21)(H,20,22). The zero-order valence-electron chi connectivity index (χ0n) is 12.5. The Hall–Kier alpha value is -3.07. The van der Waals surface area contributed by atoms with E-state index in [0.29, 0.717) is 31.5 Å². The normalized spacial score (nSPS) is 9.87. The Morgan fingerprint density at radius 1 is 1.09 bits per heavy atom. The Bertz CT molecular complexity index is 685. The van der Waals surface area contributed by atoms with Crippen LogP contribution in [-0.4, -0.2) is 24.9 Å². The fourth-order valence-corrected chi connectivity index (χ4v) is 1.97. The molecule has 1 aromatic carbocycles. The topological polar surface area (TPSA) is 95.1 Å². The van der Waals surface area contributed by atoms with E-state index in [1.807, 2.05) is 12.1 Å². The van der Waals surface area contributed by atoms with E-state index < -0.39 is 0 Å². The Kier molecular flexibility index (Phi) is 5.95. The fourth-order valence-electron chi connectivity index (χ4n) is 1.97. The number of furan rings is 1. The molecule has 2 N–H and O–H groups in total. The van der Waals surface area contributed by atoms with Crippen molar-refractivity contribution in [1.29, 1.82) is 5.26 Å². The summed E-state index contributed by atoms with van der Waals surface area (Å²) in [6, 6.07) is 12.4. The lowest BCUT2D eigenvalue weighted by Gasteiger charge is -2.06. The van der Waals surface area contributed by atoms with Gasteiger partial charge in [-0.2, -0.15) is 5.26 Å². The van der Waals surface area contributed by atoms with Gasteiger partial charge in [0.1, 0.15) is 0 Å². The van der Waals surface area contributed by atoms with Crippen LogP contribution in [-0.2, 0) is 11.2 Å². The molecule has 0 aliphatic heterocycles. The molecule has 0 radical (unpaired) electrons. The number of carbonyl (C=O) groups excluding carboxylic acids is 2. The van der Waals surface area contributed by atoms with E-state index in [2.05, 4.69) is 16.7 Å². The summed E-state index contributed by atoms with van der Waals surface area (Å²) in [6.07, 6.45) is 2.40. The van der Waals surface area contributed by atoms with Crippen LogP contribution in [0.1, 0.15) is 28.1 Å². The van der Waals surface area contributed by atoms with E-state index in [1.54, 1.807) is 24.3 Å². The van der Waals surface area contributed by atoms with Gasteiger partial charge in [-0.3, -0.25) is 9.59 Å². The van der Waals surface area contributed by atoms with Crippen LogP contribution in [0.4, 0.5) is 0 Å². The lowest BCUT2D eigenvalue weighted by molar-refractivity contribution is -0.121. The first-order chi connectivity index (χ1) is 11.2. The third-order valence-electron chi connectivity index (χ3n) is 3.20. The van der Waals surface area contributed by atoms with Crippen LogP contribution in [0.15, 0.2) is 47.1 Å². The van der Waals surface area contributed by atoms with Crippen LogP contribution in [0.2, 0.25) is 0 Å². The Balaban J connectivity index is 1.61. The highest BCUT2D eigenvalue weighted by Crippen LogP contribution is 2.05. The molecule has 0 saturated heterocycles. The molecular weight excluding hydrogens is 294 g/mol. The van der Waals surface area contributed by atoms with Gasteiger partial charge in [-0.05, 0) is 36.2 Å². The maximum absolute atomic E-state index is 11.7. The molecule has 23 heavy (non-hydrogen) atoms. The molecule has 118 valence electrons. The van der Waals surface area contributed by atoms with Crippen LogP contribution >= 0.6 is 0 Å². The lowest BCUT2D eigenvalue weighted by atomic mass is 10.1. The van der Waals surface area contributed by atoms with Crippen molar-refractivity contribution in [2.75, 3.05) is 13.1 Å². The minimum atomic E-state index is -0.304. The minimum Gasteiger partial charge on any atom is -0.459 e. The maximum Gasteiger partial charge on any atom is 0.287 e. The van der Waals surface area contributed by atoms with Gasteiger partial charge in [0.15, 0.2) is 5.76 Å². The second kappa shape index (κ2) is 8.39. The van der Waals surface area contributed by atoms with Crippen LogP contribution in [0.25, 0.3) is 0 Å². The summed E-state index contributed by atoms with van der Waals surface area (Å²) >= 11 is 0. The van der Waals surface area contributed by atoms with Crippen LogP contribution in [0.3, 0.4) is 0 Å². The van der Waals surface area contributed by atoms with Crippen molar-refractivity contribution < 1.29 is 14.0 Å². The molecule has 1 aromatic heterocycles. The largest absolute Gasteiger partial charge is 0.459 e. The number of hydrogen-bond acceptors (Lipinski definition) is 4. The molecule has 0 bridgehead atoms. The number of nitrogens with one attached hydrogen (secondary N) is 2. The van der Waals surface area contributed by atoms with Crippen molar-refractivity contribution in [2.24, 2.45) is 0 Å². The van der Waals surface area contributed by atoms with Crippen LogP contribution in [0, 0.1) is 11.3 Å². The average Bonchev–Trinajstić information content (AvgIpc) is 3.12. The highest BCUT2D eigenvalue weighted by molar-refractivity contribution is 5.91. The number of rotatable bonds is 7. The quantitative estimate of drug-likeness (QED) is 0.760. The summed E-state index contributed by atoms with van der Waals surface area (Å²) in [5, 5.41) is 14.1. The third kappa shape index (κ3) is 5.32. The third-order valence-corrected chi connectivity index (χ3v) is 3.20. The Labute approximate surface area is 134 Å². The highest BCUT2D eigenvalue weighted by Gasteiger charge is 2.07. The molecule has 2 rings (SSSR count). The van der Waals surface area contributed by atoms with Gasteiger partial charge in [0.05, 0.1) is 17.9 Å². The number of nitriles is 1. The number of aryl methyl sites for hydroxylation is 1. The first-order valence-corrected chi connectivity index (χ1v) is 7.26. The summed E-state index contributed by atoms with van der Waals surface area (Å²) in [5.74, 6) is -0.138. The SMILES string of the molecule is N#Cc1ccc(CCC(=O)NCCNC(=O)c2ccco2)cc1. The first kappa shape index (κ1) is 16.3. The van der Waals surface area contributed by atoms with Gasteiger partial charge in [0.2, 0.25) is 5.91 Å². The molecule has 2 aromatic rings. The fraction of sp³-hybridized carbons (Fsp3) is 0.235. The minimum absolute atomic E-state index is 0.0818. The van der Waals surface area contributed by atoms with Crippen molar-refractivity contribution in [3.05, 3.63) is 59.5 Å². The van der Waals surface area contributed by atoms with Gasteiger partial charge >= 0.3 is 0 Å². The zero-order valence-corrected chi connectivity index (χ0v) is 12.5. The second-order valence-corrected chi connectivity index (χ2v) is 4.89. The lowest BCUT2D eigenvalue weighted by Crippen LogP contribution is -2.34. The molecular formula is C17H17N3O3. The number of nitrogens with zero attached hydrogens (tertiary/aromatic N) is 1. The van der Waals surface area contributed by atoms with Gasteiger partial charge in [-0.15, -0.1) is 0 Å². The van der Waals surface area contributed by atoms with Crippen molar-refractivity contribution >= 4 is 11.8 Å². The highest BCUT2D eigenvalue weighted by atomic mass is 16.3. The molecule has 0 unspecified atom stereocenters. The van der Waals surface area contributed by atoms with Crippen LogP contribution in [0.5, 0.6) is 0 Å². The summed E-state index contributed by atoms with van der Waals surface area (Å²) in [5.41, 5.74) is 1.61. The summed E-state index contributed by atoms with van der Waals surface area (Å²) in [4.78, 5) is 23.3. The number of carbonyl (C=O) groups is 2. The maximum atomic E-state index is 11.7. The van der Waals surface area contributed by atoms with Gasteiger partial charge in [0.25, 0.3) is 5.91 Å². The molecule has 0 saturated carbocycles. The van der Waals surface area contributed by atoms with E-state index in [9.17, 15) is 9.59 Å². The summed E-state index contributed by atoms with van der Waals surface area (Å²) < 4.78 is 4.96. The van der Waals surface area contributed by atoms with Gasteiger partial charge in [0, 0.05) is 19.5 Å². The first-order valence-electron chi connectivity index (χ1n) is 7.26. The second-order valence-electron chi connectivity index (χ2n) is 4.89. The van der Waals surface area contributed by atoms with E-state index in [-0.39, 0.29) is 17.6 Å². The predicted octanol–water partition coefficient (Wildman–Crippen LogP) is 1.63. The van der Waals surface area contributed by atoms with Crippen LogP contribution < -0.4 is 10.6 Å². The number of amides is 2. The van der Waals surface area contributed by atoms with Gasteiger partial charge in [-0.25, -0.2) is 0 Å². The van der Waals surface area contributed by atoms with Crippen molar-refractivity contribution in [1.82, 2.24) is 10.6 Å². The van der Waals surface area contributed by atoms with Gasteiger partial charge < -0.3 is 15.1 Å². The summed E-state index contributed by atoms with van der Waals surface area (Å²) in [7, 11) is 0. The molecule has 0 aliphatic rings. The number of hydrogen-bond donors (Lipinski definition) is 2. The molecule has 0 spiro atoms. The van der Waals surface area contributed by atoms with E-state index in [0.717, 1.165) is 5.56 Å². The Morgan fingerprint density at radius 2 is 1.83 bits per heavy atom. The molecule has 0 aliphatic carbocycles. The molecule has 6 heteroatoms. The van der Waals surface area contributed by atoms with Gasteiger partial charge in [-0.1, -0.05) is 12.1 Å². The van der Waals surface area contributed by atoms with E-state index in [1.165, 1.54) is 6.26 Å². The molecule has 6 nitrogen and oxygen atoms in total. The molecule has 0 atom stereocenters. The molecule has 1 heterocycles. The number of benzene rings is 1.